The van der Waals surface area contributed by atoms with Gasteiger partial charge in [-0.05, 0) is 66.8 Å². The molecule has 2 amide bonds. The minimum atomic E-state index is -0.648. The molecule has 1 heterocycles. The van der Waals surface area contributed by atoms with Gasteiger partial charge in [-0.25, -0.2) is 0 Å². The molecule has 2 atom stereocenters. The highest BCUT2D eigenvalue weighted by Gasteiger charge is 2.30. The quantitative estimate of drug-likeness (QED) is 0.362. The summed E-state index contributed by atoms with van der Waals surface area (Å²) >= 11 is 0. The van der Waals surface area contributed by atoms with E-state index in [1.807, 2.05) is 41.3 Å². The van der Waals surface area contributed by atoms with Gasteiger partial charge in [0.25, 0.3) is 0 Å². The SMILES string of the molecule is COc1ccccc1N1CCN(C(=O)C(C)Nc2ccc3c(cc2=O)C(NC(C)=O)CCc2cc(OC)c(OC)c(OC)c2-3)CC1. The number of rotatable bonds is 9. The van der Waals surface area contributed by atoms with Gasteiger partial charge in [0.15, 0.2) is 11.5 Å². The standard InChI is InChI=1S/C35H42N4O7/c1-21(35(42)39-17-15-38(16-18-39)28-9-7-8-10-30(28)43-3)36-27-14-12-24-25(20-29(27)41)26(37-22(2)40)13-11-23-19-31(44-4)33(45-5)34(46-6)32(23)24/h7-10,12,14,19-21,26H,11,13,15-18H2,1-6H3,(H,36,41)(H,37,40). The summed E-state index contributed by atoms with van der Waals surface area (Å²) in [5, 5.41) is 6.19. The van der Waals surface area contributed by atoms with Crippen molar-refractivity contribution in [3.05, 3.63) is 69.9 Å². The number of amides is 2. The maximum atomic E-state index is 13.7. The third-order valence-corrected chi connectivity index (χ3v) is 8.68. The van der Waals surface area contributed by atoms with Crippen molar-refractivity contribution in [2.24, 2.45) is 0 Å². The first-order chi connectivity index (χ1) is 22.2. The number of anilines is 2. The third-order valence-electron chi connectivity index (χ3n) is 8.68. The Hall–Kier alpha value is -4.93. The zero-order chi connectivity index (χ0) is 33.0. The van der Waals surface area contributed by atoms with E-state index in [9.17, 15) is 14.4 Å². The number of benzene rings is 2. The van der Waals surface area contributed by atoms with Crippen LogP contribution in [0.4, 0.5) is 11.4 Å². The fourth-order valence-electron chi connectivity index (χ4n) is 6.45. The molecular weight excluding hydrogens is 588 g/mol. The number of piperazine rings is 1. The molecule has 0 saturated carbocycles. The van der Waals surface area contributed by atoms with E-state index in [1.54, 1.807) is 47.5 Å². The maximum absolute atomic E-state index is 13.7. The van der Waals surface area contributed by atoms with E-state index in [-0.39, 0.29) is 22.9 Å². The molecule has 2 N–H and O–H groups in total. The number of hydrogen-bond donors (Lipinski definition) is 2. The number of ether oxygens (including phenoxy) is 4. The summed E-state index contributed by atoms with van der Waals surface area (Å²) in [7, 11) is 6.33. The number of aryl methyl sites for hydroxylation is 1. The van der Waals surface area contributed by atoms with Crippen LogP contribution in [0.5, 0.6) is 23.0 Å². The first kappa shape index (κ1) is 32.5. The molecule has 1 aliphatic heterocycles. The number of nitrogens with one attached hydrogen (secondary N) is 2. The molecular formula is C35H42N4O7. The molecule has 3 aromatic rings. The number of para-hydroxylation sites is 2. The van der Waals surface area contributed by atoms with Gasteiger partial charge in [-0.3, -0.25) is 14.4 Å². The number of nitrogens with zero attached hydrogens (tertiary/aromatic N) is 2. The number of hydrogen-bond acceptors (Lipinski definition) is 9. The molecule has 244 valence electrons. The van der Waals surface area contributed by atoms with Crippen molar-refractivity contribution >= 4 is 23.2 Å². The smallest absolute Gasteiger partial charge is 0.244 e. The molecule has 2 unspecified atom stereocenters. The first-order valence-electron chi connectivity index (χ1n) is 15.4. The monoisotopic (exact) mass is 630 g/mol. The highest BCUT2D eigenvalue weighted by atomic mass is 16.5. The van der Waals surface area contributed by atoms with Crippen molar-refractivity contribution in [3.63, 3.8) is 0 Å². The van der Waals surface area contributed by atoms with Gasteiger partial charge in [0.1, 0.15) is 11.8 Å². The molecule has 5 rings (SSSR count). The Kier molecular flexibility index (Phi) is 9.89. The summed E-state index contributed by atoms with van der Waals surface area (Å²) in [6.07, 6.45) is 1.16. The van der Waals surface area contributed by atoms with Crippen molar-refractivity contribution in [2.45, 2.75) is 38.8 Å². The van der Waals surface area contributed by atoms with Gasteiger partial charge in [0, 0.05) is 38.7 Å². The largest absolute Gasteiger partial charge is 0.495 e. The molecule has 3 aromatic carbocycles. The van der Waals surface area contributed by atoms with Gasteiger partial charge >= 0.3 is 0 Å². The van der Waals surface area contributed by atoms with Crippen molar-refractivity contribution in [3.8, 4) is 34.1 Å². The van der Waals surface area contributed by atoms with Gasteiger partial charge in [-0.15, -0.1) is 0 Å². The van der Waals surface area contributed by atoms with Crippen LogP contribution < -0.4 is 39.9 Å². The fourth-order valence-corrected chi connectivity index (χ4v) is 6.45. The van der Waals surface area contributed by atoms with Crippen molar-refractivity contribution in [2.75, 3.05) is 64.8 Å². The van der Waals surface area contributed by atoms with Gasteiger partial charge in [-0.1, -0.05) is 18.2 Å². The summed E-state index contributed by atoms with van der Waals surface area (Å²) in [6, 6.07) is 13.8. The highest BCUT2D eigenvalue weighted by Crippen LogP contribution is 2.50. The van der Waals surface area contributed by atoms with Gasteiger partial charge in [0.05, 0.1) is 45.9 Å². The van der Waals surface area contributed by atoms with Crippen LogP contribution in [0, 0.1) is 0 Å². The molecule has 0 bridgehead atoms. The molecule has 1 aliphatic carbocycles. The summed E-state index contributed by atoms with van der Waals surface area (Å²) in [5.74, 6) is 1.95. The van der Waals surface area contributed by atoms with Crippen LogP contribution in [0.25, 0.3) is 11.1 Å². The fraction of sp³-hybridized carbons (Fsp3) is 0.400. The summed E-state index contributed by atoms with van der Waals surface area (Å²) in [5.41, 5.74) is 4.07. The highest BCUT2D eigenvalue weighted by molar-refractivity contribution is 5.86. The van der Waals surface area contributed by atoms with E-state index in [1.165, 1.54) is 6.92 Å². The normalized spacial score (nSPS) is 16.3. The summed E-state index contributed by atoms with van der Waals surface area (Å²) < 4.78 is 22.7. The average Bonchev–Trinajstić information content (AvgIpc) is 3.31. The Bertz CT molecular complexity index is 1670. The van der Waals surface area contributed by atoms with E-state index in [2.05, 4.69) is 15.5 Å². The second-order valence-corrected chi connectivity index (χ2v) is 11.4. The minimum absolute atomic E-state index is 0.0906. The molecule has 0 aromatic heterocycles. The van der Waals surface area contributed by atoms with Crippen LogP contribution in [-0.2, 0) is 16.0 Å². The van der Waals surface area contributed by atoms with E-state index in [4.69, 9.17) is 18.9 Å². The number of methoxy groups -OCH3 is 4. The van der Waals surface area contributed by atoms with E-state index >= 15 is 0 Å². The van der Waals surface area contributed by atoms with Crippen LogP contribution in [0.3, 0.4) is 0 Å². The molecule has 1 saturated heterocycles. The lowest BCUT2D eigenvalue weighted by Gasteiger charge is -2.37. The zero-order valence-electron chi connectivity index (χ0n) is 27.3. The Morgan fingerprint density at radius 1 is 0.870 bits per heavy atom. The van der Waals surface area contributed by atoms with Gasteiger partial charge < -0.3 is 39.4 Å². The first-order valence-corrected chi connectivity index (χ1v) is 15.4. The van der Waals surface area contributed by atoms with Crippen molar-refractivity contribution in [1.29, 1.82) is 0 Å². The molecule has 0 radical (unpaired) electrons. The lowest BCUT2D eigenvalue weighted by Crippen LogP contribution is -2.52. The van der Waals surface area contributed by atoms with E-state index in [0.29, 0.717) is 61.8 Å². The number of carbonyl (C=O) groups is 2. The Labute approximate surface area is 269 Å². The number of fused-ring (bicyclic) bond motifs is 3. The van der Waals surface area contributed by atoms with Crippen LogP contribution in [0.1, 0.15) is 37.4 Å². The Morgan fingerprint density at radius 2 is 1.57 bits per heavy atom. The number of carbonyl (C=O) groups excluding carboxylic acids is 2. The zero-order valence-corrected chi connectivity index (χ0v) is 27.3. The summed E-state index contributed by atoms with van der Waals surface area (Å²) in [4.78, 5) is 43.5. The van der Waals surface area contributed by atoms with E-state index < -0.39 is 12.1 Å². The lowest BCUT2D eigenvalue weighted by molar-refractivity contribution is -0.132. The predicted molar refractivity (Wildman–Crippen MR) is 178 cm³/mol. The predicted octanol–water partition coefficient (Wildman–Crippen LogP) is 4.02. The molecule has 11 nitrogen and oxygen atoms in total. The summed E-state index contributed by atoms with van der Waals surface area (Å²) in [6.45, 7) is 5.65. The van der Waals surface area contributed by atoms with Gasteiger partial charge in [-0.2, -0.15) is 0 Å². The maximum Gasteiger partial charge on any atom is 0.244 e. The van der Waals surface area contributed by atoms with Crippen molar-refractivity contribution < 1.29 is 28.5 Å². The van der Waals surface area contributed by atoms with Gasteiger partial charge in [0.2, 0.25) is 23.0 Å². The topological polar surface area (TPSA) is 119 Å². The minimum Gasteiger partial charge on any atom is -0.495 e. The molecule has 0 spiro atoms. The second kappa shape index (κ2) is 14.0. The molecule has 11 heteroatoms. The Morgan fingerprint density at radius 3 is 2.22 bits per heavy atom. The average molecular weight is 631 g/mol. The Balaban J connectivity index is 1.44. The van der Waals surface area contributed by atoms with Crippen molar-refractivity contribution in [1.82, 2.24) is 10.2 Å². The second-order valence-electron chi connectivity index (χ2n) is 11.4. The van der Waals surface area contributed by atoms with Crippen LogP contribution >= 0.6 is 0 Å². The molecule has 1 fully saturated rings. The third kappa shape index (κ3) is 6.40. The van der Waals surface area contributed by atoms with Crippen LogP contribution in [0.2, 0.25) is 0 Å². The van der Waals surface area contributed by atoms with E-state index in [0.717, 1.165) is 28.1 Å². The molecule has 46 heavy (non-hydrogen) atoms. The van der Waals surface area contributed by atoms with Crippen LogP contribution in [0.15, 0.2) is 53.3 Å². The van der Waals surface area contributed by atoms with Crippen LogP contribution in [-0.4, -0.2) is 77.4 Å². The molecule has 2 aliphatic rings. The lowest BCUT2D eigenvalue weighted by atomic mass is 9.95.